The van der Waals surface area contributed by atoms with E-state index in [4.69, 9.17) is 4.74 Å². The summed E-state index contributed by atoms with van der Waals surface area (Å²) in [6, 6.07) is 0. The number of ether oxygens (including phenoxy) is 1. The number of hydrogen-bond acceptors (Lipinski definition) is 2. The minimum atomic E-state index is 0.473. The zero-order chi connectivity index (χ0) is 8.27. The first-order valence-corrected chi connectivity index (χ1v) is 5.39. The van der Waals surface area contributed by atoms with Crippen LogP contribution >= 0.6 is 22.6 Å². The highest BCUT2D eigenvalue weighted by molar-refractivity contribution is 14.1. The van der Waals surface area contributed by atoms with Crippen LogP contribution in [0, 0.1) is 0 Å². The zero-order valence-electron chi connectivity index (χ0n) is 7.22. The number of rotatable bonds is 2. The third kappa shape index (κ3) is 2.87. The van der Waals surface area contributed by atoms with Crippen LogP contribution in [0.15, 0.2) is 0 Å². The number of halogens is 1. The molecule has 1 fully saturated rings. The monoisotopic (exact) mass is 269 g/mol. The van der Waals surface area contributed by atoms with Crippen LogP contribution in [0.1, 0.15) is 19.8 Å². The van der Waals surface area contributed by atoms with Crippen LogP contribution in [0.5, 0.6) is 0 Å². The number of piperidine rings is 1. The van der Waals surface area contributed by atoms with E-state index in [0.717, 1.165) is 6.54 Å². The number of likely N-dealkylation sites (tertiary alicyclic amines) is 1. The van der Waals surface area contributed by atoms with Gasteiger partial charge in [-0.15, -0.1) is 0 Å². The summed E-state index contributed by atoms with van der Waals surface area (Å²) in [6.07, 6.45) is 2.99. The smallest absolute Gasteiger partial charge is 0.0699 e. The van der Waals surface area contributed by atoms with Crippen LogP contribution in [-0.4, -0.2) is 35.3 Å². The van der Waals surface area contributed by atoms with Gasteiger partial charge in [-0.1, -0.05) is 22.6 Å². The zero-order valence-corrected chi connectivity index (χ0v) is 9.37. The maximum absolute atomic E-state index is 5.33. The molecule has 1 saturated heterocycles. The molecule has 2 nitrogen and oxygen atoms in total. The Labute approximate surface area is 82.4 Å². The van der Waals surface area contributed by atoms with Crippen molar-refractivity contribution in [2.24, 2.45) is 0 Å². The van der Waals surface area contributed by atoms with Gasteiger partial charge in [-0.05, 0) is 26.3 Å². The number of alkyl halides is 1. The second kappa shape index (κ2) is 4.62. The molecule has 1 aliphatic heterocycles. The first-order chi connectivity index (χ1) is 5.24. The van der Waals surface area contributed by atoms with Crippen molar-refractivity contribution in [3.05, 3.63) is 0 Å². The van der Waals surface area contributed by atoms with Gasteiger partial charge in [0.1, 0.15) is 0 Å². The van der Waals surface area contributed by atoms with Crippen LogP contribution in [0.3, 0.4) is 0 Å². The molecule has 0 bridgehead atoms. The molecule has 0 amide bonds. The fourth-order valence-electron chi connectivity index (χ4n) is 1.48. The van der Waals surface area contributed by atoms with E-state index in [1.807, 2.05) is 7.11 Å². The molecule has 0 aromatic carbocycles. The summed E-state index contributed by atoms with van der Waals surface area (Å²) < 4.78 is 5.97. The number of methoxy groups -OCH3 is 1. The highest BCUT2D eigenvalue weighted by atomic mass is 127. The Morgan fingerprint density at radius 1 is 1.64 bits per heavy atom. The van der Waals surface area contributed by atoms with Gasteiger partial charge in [-0.25, -0.2) is 0 Å². The van der Waals surface area contributed by atoms with Crippen molar-refractivity contribution in [3.63, 3.8) is 0 Å². The first-order valence-electron chi connectivity index (χ1n) is 4.15. The standard InChI is InChI=1S/C8H16INO/c1-7(9)10-5-3-4-8(6-10)11-2/h7-8H,3-6H2,1-2H3. The van der Waals surface area contributed by atoms with Gasteiger partial charge in [0.05, 0.1) is 10.2 Å². The lowest BCUT2D eigenvalue weighted by molar-refractivity contribution is 0.0311. The van der Waals surface area contributed by atoms with Crippen LogP contribution in [0.25, 0.3) is 0 Å². The summed E-state index contributed by atoms with van der Waals surface area (Å²) in [4.78, 5) is 2.47. The van der Waals surface area contributed by atoms with Crippen LogP contribution in [-0.2, 0) is 4.74 Å². The Hall–Kier alpha value is 0.650. The lowest BCUT2D eigenvalue weighted by atomic mass is 10.1. The molecular weight excluding hydrogens is 253 g/mol. The van der Waals surface area contributed by atoms with E-state index in [1.165, 1.54) is 19.4 Å². The van der Waals surface area contributed by atoms with Crippen molar-refractivity contribution in [1.29, 1.82) is 0 Å². The van der Waals surface area contributed by atoms with Crippen LogP contribution < -0.4 is 0 Å². The van der Waals surface area contributed by atoms with Gasteiger partial charge in [-0.3, -0.25) is 4.90 Å². The molecule has 2 atom stereocenters. The average molecular weight is 269 g/mol. The van der Waals surface area contributed by atoms with Crippen molar-refractivity contribution in [2.75, 3.05) is 20.2 Å². The van der Waals surface area contributed by atoms with Gasteiger partial charge in [0.25, 0.3) is 0 Å². The lowest BCUT2D eigenvalue weighted by Gasteiger charge is -2.33. The fraction of sp³-hybridized carbons (Fsp3) is 1.00. The minimum absolute atomic E-state index is 0.473. The molecule has 0 spiro atoms. The molecule has 0 aromatic heterocycles. The molecule has 0 saturated carbocycles. The molecule has 11 heavy (non-hydrogen) atoms. The molecule has 1 heterocycles. The van der Waals surface area contributed by atoms with Crippen LogP contribution in [0.4, 0.5) is 0 Å². The average Bonchev–Trinajstić information content (AvgIpc) is 2.05. The Morgan fingerprint density at radius 2 is 2.36 bits per heavy atom. The van der Waals surface area contributed by atoms with Crippen LogP contribution in [0.2, 0.25) is 0 Å². The molecule has 1 aliphatic rings. The number of nitrogens with zero attached hydrogens (tertiary/aromatic N) is 1. The molecular formula is C8H16INO. The molecule has 66 valence electrons. The first kappa shape index (κ1) is 9.74. The second-order valence-electron chi connectivity index (χ2n) is 3.07. The minimum Gasteiger partial charge on any atom is -0.380 e. The van der Waals surface area contributed by atoms with E-state index in [2.05, 4.69) is 34.4 Å². The molecule has 0 N–H and O–H groups in total. The third-order valence-electron chi connectivity index (χ3n) is 2.25. The molecule has 2 unspecified atom stereocenters. The molecule has 3 heteroatoms. The SMILES string of the molecule is COC1CCCN(C(C)I)C1. The fourth-order valence-corrected chi connectivity index (χ4v) is 1.99. The summed E-state index contributed by atoms with van der Waals surface area (Å²) in [5.41, 5.74) is 0. The van der Waals surface area contributed by atoms with Gasteiger partial charge in [0.15, 0.2) is 0 Å². The van der Waals surface area contributed by atoms with Crippen molar-refractivity contribution >= 4 is 22.6 Å². The van der Waals surface area contributed by atoms with Crippen molar-refractivity contribution in [2.45, 2.75) is 29.9 Å². The summed E-state index contributed by atoms with van der Waals surface area (Å²) in [5, 5.41) is 0. The highest BCUT2D eigenvalue weighted by Gasteiger charge is 2.21. The van der Waals surface area contributed by atoms with E-state index in [-0.39, 0.29) is 0 Å². The predicted molar refractivity (Wildman–Crippen MR) is 55.1 cm³/mol. The van der Waals surface area contributed by atoms with E-state index < -0.39 is 0 Å². The maximum atomic E-state index is 5.33. The Balaban J connectivity index is 2.33. The Bertz CT molecular complexity index is 119. The van der Waals surface area contributed by atoms with E-state index in [9.17, 15) is 0 Å². The maximum Gasteiger partial charge on any atom is 0.0699 e. The Kier molecular flexibility index (Phi) is 4.09. The quantitative estimate of drug-likeness (QED) is 0.431. The second-order valence-corrected chi connectivity index (χ2v) is 4.87. The van der Waals surface area contributed by atoms with Gasteiger partial charge in [0.2, 0.25) is 0 Å². The molecule has 0 aromatic rings. The highest BCUT2D eigenvalue weighted by Crippen LogP contribution is 2.17. The van der Waals surface area contributed by atoms with E-state index in [0.29, 0.717) is 10.2 Å². The largest absolute Gasteiger partial charge is 0.380 e. The molecule has 0 aliphatic carbocycles. The number of hydrogen-bond donors (Lipinski definition) is 0. The van der Waals surface area contributed by atoms with Gasteiger partial charge < -0.3 is 4.74 Å². The van der Waals surface area contributed by atoms with Gasteiger partial charge >= 0.3 is 0 Å². The summed E-state index contributed by atoms with van der Waals surface area (Å²) in [5.74, 6) is 0. The Morgan fingerprint density at radius 3 is 2.91 bits per heavy atom. The summed E-state index contributed by atoms with van der Waals surface area (Å²) >= 11 is 2.46. The summed E-state index contributed by atoms with van der Waals surface area (Å²) in [7, 11) is 1.81. The lowest BCUT2D eigenvalue weighted by Crippen LogP contribution is -2.41. The van der Waals surface area contributed by atoms with Crippen molar-refractivity contribution in [3.8, 4) is 0 Å². The molecule has 0 radical (unpaired) electrons. The topological polar surface area (TPSA) is 12.5 Å². The van der Waals surface area contributed by atoms with Gasteiger partial charge in [-0.2, -0.15) is 0 Å². The molecule has 1 rings (SSSR count). The summed E-state index contributed by atoms with van der Waals surface area (Å²) in [6.45, 7) is 4.59. The predicted octanol–water partition coefficient (Wildman–Crippen LogP) is 1.88. The van der Waals surface area contributed by atoms with Crippen molar-refractivity contribution in [1.82, 2.24) is 4.90 Å². The third-order valence-corrected chi connectivity index (χ3v) is 3.03. The van der Waals surface area contributed by atoms with Gasteiger partial charge in [0, 0.05) is 13.7 Å². The van der Waals surface area contributed by atoms with E-state index in [1.54, 1.807) is 0 Å². The van der Waals surface area contributed by atoms with E-state index >= 15 is 0 Å². The van der Waals surface area contributed by atoms with Crippen molar-refractivity contribution < 1.29 is 4.74 Å². The normalized spacial score (nSPS) is 30.3.